The number of hydrogen-bond donors (Lipinski definition) is 0. The van der Waals surface area contributed by atoms with E-state index in [9.17, 15) is 0 Å². The summed E-state index contributed by atoms with van der Waals surface area (Å²) in [6, 6.07) is 0. The Bertz CT molecular complexity index is 286. The molecular weight excluding hydrogens is 276 g/mol. The van der Waals surface area contributed by atoms with Gasteiger partial charge in [0.25, 0.3) is 0 Å². The average molecular weight is 323 g/mol. The fraction of sp³-hybridized carbons (Fsp3) is 0.913. The Morgan fingerprint density at radius 2 is 1.26 bits per heavy atom. The van der Waals surface area contributed by atoms with Crippen molar-refractivity contribution in [3.8, 4) is 0 Å². The lowest BCUT2D eigenvalue weighted by Gasteiger charge is -2.24. The number of unbranched alkanes of at least 4 members (excludes halogenated alkanes) is 1. The summed E-state index contributed by atoms with van der Waals surface area (Å²) in [6.07, 6.45) is 12.6. The van der Waals surface area contributed by atoms with Gasteiger partial charge in [-0.25, -0.2) is 0 Å². The van der Waals surface area contributed by atoms with Gasteiger partial charge >= 0.3 is 0 Å². The second-order valence-corrected chi connectivity index (χ2v) is 8.67. The lowest BCUT2D eigenvalue weighted by molar-refractivity contribution is 0.340. The summed E-state index contributed by atoms with van der Waals surface area (Å²) in [5.41, 5.74) is 1.45. The maximum absolute atomic E-state index is 4.31. The highest BCUT2D eigenvalue weighted by Crippen LogP contribution is 2.29. The molecule has 0 amide bonds. The van der Waals surface area contributed by atoms with Crippen LogP contribution in [0.4, 0.5) is 0 Å². The SMILES string of the molecule is C=C(C(C)C)C(C)CC(CC)CCCCC(CC)CCC(C)C. The molecule has 0 aromatic heterocycles. The lowest BCUT2D eigenvalue weighted by atomic mass is 9.82. The van der Waals surface area contributed by atoms with Crippen molar-refractivity contribution in [2.75, 3.05) is 0 Å². The molecule has 0 saturated carbocycles. The Hall–Kier alpha value is -0.260. The zero-order valence-corrected chi connectivity index (χ0v) is 17.5. The highest BCUT2D eigenvalue weighted by molar-refractivity contribution is 5.02. The zero-order chi connectivity index (χ0) is 17.8. The van der Waals surface area contributed by atoms with Crippen molar-refractivity contribution in [2.24, 2.45) is 29.6 Å². The molecule has 0 saturated heterocycles. The van der Waals surface area contributed by atoms with E-state index < -0.39 is 0 Å². The van der Waals surface area contributed by atoms with Gasteiger partial charge in [0.1, 0.15) is 0 Å². The predicted octanol–water partition coefficient (Wildman–Crippen LogP) is 8.27. The smallest absolute Gasteiger partial charge is 0.0229 e. The van der Waals surface area contributed by atoms with Crippen LogP contribution in [0.1, 0.15) is 106 Å². The summed E-state index contributed by atoms with van der Waals surface area (Å²) in [4.78, 5) is 0. The first-order valence-corrected chi connectivity index (χ1v) is 10.5. The van der Waals surface area contributed by atoms with E-state index in [1.54, 1.807) is 0 Å². The van der Waals surface area contributed by atoms with E-state index >= 15 is 0 Å². The Labute approximate surface area is 148 Å². The van der Waals surface area contributed by atoms with Crippen molar-refractivity contribution in [3.05, 3.63) is 12.2 Å². The van der Waals surface area contributed by atoms with Crippen molar-refractivity contribution in [3.63, 3.8) is 0 Å². The van der Waals surface area contributed by atoms with Crippen molar-refractivity contribution < 1.29 is 0 Å². The van der Waals surface area contributed by atoms with Crippen LogP contribution in [0.25, 0.3) is 0 Å². The molecule has 0 rings (SSSR count). The van der Waals surface area contributed by atoms with E-state index in [1.807, 2.05) is 0 Å². The minimum absolute atomic E-state index is 0.633. The third kappa shape index (κ3) is 11.0. The molecule has 0 heteroatoms. The highest BCUT2D eigenvalue weighted by atomic mass is 14.2. The molecule has 3 atom stereocenters. The summed E-state index contributed by atoms with van der Waals surface area (Å²) in [5.74, 6) is 4.06. The van der Waals surface area contributed by atoms with Gasteiger partial charge < -0.3 is 0 Å². The van der Waals surface area contributed by atoms with E-state index in [0.29, 0.717) is 11.8 Å². The molecule has 0 bridgehead atoms. The largest absolute Gasteiger partial charge is 0.0993 e. The third-order valence-electron chi connectivity index (χ3n) is 5.84. The molecular formula is C23H46. The molecule has 0 radical (unpaired) electrons. The van der Waals surface area contributed by atoms with Gasteiger partial charge in [0.2, 0.25) is 0 Å². The molecule has 3 unspecified atom stereocenters. The van der Waals surface area contributed by atoms with Crippen LogP contribution in [0.2, 0.25) is 0 Å². The van der Waals surface area contributed by atoms with Crippen molar-refractivity contribution in [1.29, 1.82) is 0 Å². The van der Waals surface area contributed by atoms with Crippen LogP contribution < -0.4 is 0 Å². The van der Waals surface area contributed by atoms with Crippen molar-refractivity contribution >= 4 is 0 Å². The first-order chi connectivity index (χ1) is 10.8. The minimum Gasteiger partial charge on any atom is -0.0993 e. The van der Waals surface area contributed by atoms with Crippen molar-refractivity contribution in [1.82, 2.24) is 0 Å². The standard InChI is InChI=1S/C23H46/c1-9-22(16-15-18(3)4)13-11-12-14-23(10-2)17-20(7)21(8)19(5)6/h18-20,22-23H,8-17H2,1-7H3. The average Bonchev–Trinajstić information content (AvgIpc) is 2.51. The van der Waals surface area contributed by atoms with Gasteiger partial charge in [0, 0.05) is 0 Å². The fourth-order valence-corrected chi connectivity index (χ4v) is 3.70. The second kappa shape index (κ2) is 13.1. The normalized spacial score (nSPS) is 15.9. The van der Waals surface area contributed by atoms with Crippen LogP contribution in [-0.4, -0.2) is 0 Å². The van der Waals surface area contributed by atoms with Gasteiger partial charge in [-0.2, -0.15) is 0 Å². The summed E-state index contributed by atoms with van der Waals surface area (Å²) < 4.78 is 0. The topological polar surface area (TPSA) is 0 Å². The van der Waals surface area contributed by atoms with Gasteiger partial charge in [-0.1, -0.05) is 112 Å². The molecule has 0 nitrogen and oxygen atoms in total. The van der Waals surface area contributed by atoms with Crippen LogP contribution in [0, 0.1) is 29.6 Å². The first kappa shape index (κ1) is 22.7. The summed E-state index contributed by atoms with van der Waals surface area (Å²) >= 11 is 0. The summed E-state index contributed by atoms with van der Waals surface area (Å²) in [7, 11) is 0. The minimum atomic E-state index is 0.633. The number of hydrogen-bond acceptors (Lipinski definition) is 0. The van der Waals surface area contributed by atoms with Crippen LogP contribution in [0.15, 0.2) is 12.2 Å². The molecule has 0 aliphatic carbocycles. The van der Waals surface area contributed by atoms with Crippen LogP contribution in [0.3, 0.4) is 0 Å². The fourth-order valence-electron chi connectivity index (χ4n) is 3.70. The monoisotopic (exact) mass is 322 g/mol. The predicted molar refractivity (Wildman–Crippen MR) is 108 cm³/mol. The molecule has 0 aliphatic rings. The van der Waals surface area contributed by atoms with Crippen LogP contribution in [-0.2, 0) is 0 Å². The number of rotatable bonds is 14. The molecule has 0 fully saturated rings. The van der Waals surface area contributed by atoms with Gasteiger partial charge in [-0.05, 0) is 36.0 Å². The maximum atomic E-state index is 4.31. The Balaban J connectivity index is 4.00. The lowest BCUT2D eigenvalue weighted by Crippen LogP contribution is -2.11. The molecule has 0 aliphatic heterocycles. The van der Waals surface area contributed by atoms with E-state index in [-0.39, 0.29) is 0 Å². The molecule has 23 heavy (non-hydrogen) atoms. The van der Waals surface area contributed by atoms with E-state index in [0.717, 1.165) is 17.8 Å². The Morgan fingerprint density at radius 3 is 1.70 bits per heavy atom. The molecule has 138 valence electrons. The molecule has 0 aromatic rings. The molecule has 0 spiro atoms. The quantitative estimate of drug-likeness (QED) is 0.223. The van der Waals surface area contributed by atoms with Crippen LogP contribution >= 0.6 is 0 Å². The van der Waals surface area contributed by atoms with E-state index in [4.69, 9.17) is 0 Å². The summed E-state index contributed by atoms with van der Waals surface area (Å²) in [5, 5.41) is 0. The first-order valence-electron chi connectivity index (χ1n) is 10.5. The molecule has 0 N–H and O–H groups in total. The van der Waals surface area contributed by atoms with Gasteiger partial charge in [-0.3, -0.25) is 0 Å². The van der Waals surface area contributed by atoms with Crippen LogP contribution in [0.5, 0.6) is 0 Å². The van der Waals surface area contributed by atoms with Gasteiger partial charge in [-0.15, -0.1) is 0 Å². The second-order valence-electron chi connectivity index (χ2n) is 8.67. The van der Waals surface area contributed by atoms with E-state index in [2.05, 4.69) is 55.0 Å². The van der Waals surface area contributed by atoms with Gasteiger partial charge in [0.05, 0.1) is 0 Å². The molecule has 0 aromatic carbocycles. The molecule has 0 heterocycles. The van der Waals surface area contributed by atoms with Gasteiger partial charge in [0.15, 0.2) is 0 Å². The highest BCUT2D eigenvalue weighted by Gasteiger charge is 2.16. The Morgan fingerprint density at radius 1 is 0.739 bits per heavy atom. The number of allylic oxidation sites excluding steroid dienone is 1. The maximum Gasteiger partial charge on any atom is -0.0229 e. The Kier molecular flexibility index (Phi) is 12.9. The third-order valence-corrected chi connectivity index (χ3v) is 5.84. The summed E-state index contributed by atoms with van der Waals surface area (Å²) in [6.45, 7) is 20.7. The van der Waals surface area contributed by atoms with Crippen molar-refractivity contribution in [2.45, 2.75) is 106 Å². The van der Waals surface area contributed by atoms with E-state index in [1.165, 1.54) is 63.4 Å². The zero-order valence-electron chi connectivity index (χ0n) is 17.5.